The Kier molecular flexibility index (Phi) is 4.02. The van der Waals surface area contributed by atoms with Crippen LogP contribution in [-0.4, -0.2) is 24.0 Å². The Balaban J connectivity index is 2.40. The molecule has 4 nitrogen and oxygen atoms in total. The van der Waals surface area contributed by atoms with Crippen molar-refractivity contribution < 1.29 is 4.79 Å². The van der Waals surface area contributed by atoms with Gasteiger partial charge in [0, 0.05) is 13.1 Å². The van der Waals surface area contributed by atoms with Crippen molar-refractivity contribution in [3.05, 3.63) is 0 Å². The fourth-order valence-electron chi connectivity index (χ4n) is 1.87. The van der Waals surface area contributed by atoms with E-state index >= 15 is 0 Å². The molecule has 0 aromatic carbocycles. The van der Waals surface area contributed by atoms with E-state index in [-0.39, 0.29) is 6.03 Å². The summed E-state index contributed by atoms with van der Waals surface area (Å²) in [6, 6.07) is -0.142. The smallest absolute Gasteiger partial charge is 0.324 e. The summed E-state index contributed by atoms with van der Waals surface area (Å²) in [5.41, 5.74) is 2.18. The Bertz CT molecular complexity index is 172. The van der Waals surface area contributed by atoms with Crippen molar-refractivity contribution in [2.24, 2.45) is 11.8 Å². The van der Waals surface area contributed by atoms with E-state index in [1.807, 2.05) is 0 Å². The second kappa shape index (κ2) is 5.07. The molecule has 1 rings (SSSR count). The number of hydrogen-bond acceptors (Lipinski definition) is 2. The average molecular weight is 185 g/mol. The van der Waals surface area contributed by atoms with Crippen molar-refractivity contribution in [1.82, 2.24) is 10.3 Å². The van der Waals surface area contributed by atoms with E-state index in [1.165, 1.54) is 12.8 Å². The molecule has 0 aliphatic carbocycles. The molecule has 0 radical (unpaired) electrons. The normalized spacial score (nSPS) is 23.8. The minimum atomic E-state index is -0.142. The van der Waals surface area contributed by atoms with Crippen LogP contribution in [0.15, 0.2) is 0 Å². The van der Waals surface area contributed by atoms with Gasteiger partial charge in [-0.25, -0.2) is 10.6 Å². The number of amides is 2. The van der Waals surface area contributed by atoms with Gasteiger partial charge in [0.05, 0.1) is 0 Å². The zero-order valence-corrected chi connectivity index (χ0v) is 8.25. The first-order chi connectivity index (χ1) is 6.27. The van der Waals surface area contributed by atoms with Gasteiger partial charge in [-0.3, -0.25) is 5.43 Å². The van der Waals surface area contributed by atoms with Crippen LogP contribution in [0, 0.1) is 5.92 Å². The van der Waals surface area contributed by atoms with Crippen LogP contribution in [0.3, 0.4) is 0 Å². The summed E-state index contributed by atoms with van der Waals surface area (Å²) in [5.74, 6) is 5.87. The minimum Gasteiger partial charge on any atom is -0.324 e. The van der Waals surface area contributed by atoms with Crippen molar-refractivity contribution in [2.45, 2.75) is 32.6 Å². The number of rotatable bonds is 1. The summed E-state index contributed by atoms with van der Waals surface area (Å²) in [6.45, 7) is 3.91. The van der Waals surface area contributed by atoms with Gasteiger partial charge >= 0.3 is 6.03 Å². The molecule has 4 heteroatoms. The van der Waals surface area contributed by atoms with E-state index in [0.29, 0.717) is 0 Å². The quantitative estimate of drug-likeness (QED) is 0.365. The Hall–Kier alpha value is -0.770. The molecule has 2 amide bonds. The highest BCUT2D eigenvalue weighted by Crippen LogP contribution is 2.19. The van der Waals surface area contributed by atoms with Gasteiger partial charge in [-0.1, -0.05) is 13.3 Å². The van der Waals surface area contributed by atoms with Crippen LogP contribution in [0.1, 0.15) is 32.6 Å². The van der Waals surface area contributed by atoms with Crippen LogP contribution in [0.5, 0.6) is 0 Å². The maximum Gasteiger partial charge on any atom is 0.331 e. The molecule has 1 aliphatic rings. The number of nitrogens with one attached hydrogen (secondary N) is 1. The van der Waals surface area contributed by atoms with Crippen molar-refractivity contribution in [3.8, 4) is 0 Å². The number of carbonyl (C=O) groups is 1. The Morgan fingerprint density at radius 1 is 1.54 bits per heavy atom. The summed E-state index contributed by atoms with van der Waals surface area (Å²) in [7, 11) is 0. The first-order valence-electron chi connectivity index (χ1n) is 5.03. The number of hydrogen-bond donors (Lipinski definition) is 2. The molecule has 0 aromatic rings. The van der Waals surface area contributed by atoms with Crippen LogP contribution >= 0.6 is 0 Å². The van der Waals surface area contributed by atoms with E-state index in [2.05, 4.69) is 12.3 Å². The second-order valence-electron chi connectivity index (χ2n) is 3.64. The number of hydrazine groups is 1. The standard InChI is InChI=1S/C9H19N3O/c1-2-8-4-3-6-12(7-5-8)9(13)11-10/h8H,2-7,10H2,1H3,(H,11,13). The summed E-state index contributed by atoms with van der Waals surface area (Å²) in [6.07, 6.45) is 4.68. The van der Waals surface area contributed by atoms with Crippen LogP contribution < -0.4 is 11.3 Å². The van der Waals surface area contributed by atoms with E-state index in [1.54, 1.807) is 4.90 Å². The van der Waals surface area contributed by atoms with E-state index in [4.69, 9.17) is 5.84 Å². The third-order valence-electron chi connectivity index (χ3n) is 2.84. The lowest BCUT2D eigenvalue weighted by molar-refractivity contribution is 0.199. The molecule has 1 fully saturated rings. The molecule has 1 saturated heterocycles. The average Bonchev–Trinajstić information content (AvgIpc) is 2.41. The molecule has 3 N–H and O–H groups in total. The van der Waals surface area contributed by atoms with Gasteiger partial charge in [0.15, 0.2) is 0 Å². The Morgan fingerprint density at radius 2 is 2.31 bits per heavy atom. The van der Waals surface area contributed by atoms with Crippen LogP contribution in [0.25, 0.3) is 0 Å². The predicted octanol–water partition coefficient (Wildman–Crippen LogP) is 1.08. The second-order valence-corrected chi connectivity index (χ2v) is 3.64. The molecular weight excluding hydrogens is 166 g/mol. The third kappa shape index (κ3) is 2.88. The van der Waals surface area contributed by atoms with Crippen molar-refractivity contribution in [1.29, 1.82) is 0 Å². The first kappa shape index (κ1) is 10.3. The molecule has 1 unspecified atom stereocenters. The van der Waals surface area contributed by atoms with Gasteiger partial charge in [-0.15, -0.1) is 0 Å². The number of nitrogens with zero attached hydrogens (tertiary/aromatic N) is 1. The number of carbonyl (C=O) groups excluding carboxylic acids is 1. The molecule has 1 heterocycles. The van der Waals surface area contributed by atoms with Crippen LogP contribution in [-0.2, 0) is 0 Å². The van der Waals surface area contributed by atoms with Crippen LogP contribution in [0.2, 0.25) is 0 Å². The summed E-state index contributed by atoms with van der Waals surface area (Å²) in [5, 5.41) is 0. The topological polar surface area (TPSA) is 58.4 Å². The zero-order chi connectivity index (χ0) is 9.68. The SMILES string of the molecule is CCC1CCCN(C(=O)NN)CC1. The van der Waals surface area contributed by atoms with Crippen molar-refractivity contribution >= 4 is 6.03 Å². The van der Waals surface area contributed by atoms with Gasteiger partial charge in [-0.2, -0.15) is 0 Å². The fraction of sp³-hybridized carbons (Fsp3) is 0.889. The minimum absolute atomic E-state index is 0.142. The molecule has 0 spiro atoms. The maximum atomic E-state index is 11.2. The molecular formula is C9H19N3O. The Morgan fingerprint density at radius 3 is 2.92 bits per heavy atom. The first-order valence-corrected chi connectivity index (χ1v) is 5.03. The van der Waals surface area contributed by atoms with Gasteiger partial charge in [0.1, 0.15) is 0 Å². The maximum absolute atomic E-state index is 11.2. The lowest BCUT2D eigenvalue weighted by Crippen LogP contribution is -2.43. The van der Waals surface area contributed by atoms with E-state index in [0.717, 1.165) is 31.8 Å². The fourth-order valence-corrected chi connectivity index (χ4v) is 1.87. The molecule has 13 heavy (non-hydrogen) atoms. The van der Waals surface area contributed by atoms with Gasteiger partial charge in [0.25, 0.3) is 0 Å². The van der Waals surface area contributed by atoms with E-state index < -0.39 is 0 Å². The van der Waals surface area contributed by atoms with Gasteiger partial charge < -0.3 is 4.90 Å². The third-order valence-corrected chi connectivity index (χ3v) is 2.84. The van der Waals surface area contributed by atoms with Crippen molar-refractivity contribution in [2.75, 3.05) is 13.1 Å². The highest BCUT2D eigenvalue weighted by Gasteiger charge is 2.18. The Labute approximate surface area is 79.4 Å². The van der Waals surface area contributed by atoms with E-state index in [9.17, 15) is 4.79 Å². The number of nitrogens with two attached hydrogens (primary N) is 1. The van der Waals surface area contributed by atoms with Crippen LogP contribution in [0.4, 0.5) is 4.79 Å². The zero-order valence-electron chi connectivity index (χ0n) is 8.25. The highest BCUT2D eigenvalue weighted by atomic mass is 16.2. The van der Waals surface area contributed by atoms with Gasteiger partial charge in [-0.05, 0) is 25.2 Å². The molecule has 0 bridgehead atoms. The summed E-state index contributed by atoms with van der Waals surface area (Å²) in [4.78, 5) is 13.0. The predicted molar refractivity (Wildman–Crippen MR) is 51.9 cm³/mol. The summed E-state index contributed by atoms with van der Waals surface area (Å²) < 4.78 is 0. The molecule has 76 valence electrons. The molecule has 0 aromatic heterocycles. The largest absolute Gasteiger partial charge is 0.331 e. The molecule has 1 aliphatic heterocycles. The number of urea groups is 1. The number of likely N-dealkylation sites (tertiary alicyclic amines) is 1. The lowest BCUT2D eigenvalue weighted by Gasteiger charge is -2.19. The van der Waals surface area contributed by atoms with Gasteiger partial charge in [0.2, 0.25) is 0 Å². The lowest BCUT2D eigenvalue weighted by atomic mass is 9.98. The molecule has 1 atom stereocenters. The monoisotopic (exact) mass is 185 g/mol. The molecule has 0 saturated carbocycles. The summed E-state index contributed by atoms with van der Waals surface area (Å²) >= 11 is 0. The highest BCUT2D eigenvalue weighted by molar-refractivity contribution is 5.73. The van der Waals surface area contributed by atoms with Crippen molar-refractivity contribution in [3.63, 3.8) is 0 Å².